The van der Waals surface area contributed by atoms with Crippen LogP contribution in [0.25, 0.3) is 0 Å². The number of anilines is 1. The van der Waals surface area contributed by atoms with E-state index in [4.69, 9.17) is 0 Å². The van der Waals surface area contributed by atoms with Gasteiger partial charge < -0.3 is 10.2 Å². The number of nitrogens with one attached hydrogen (secondary N) is 1. The number of rotatable bonds is 6. The Bertz CT molecular complexity index is 591. The Morgan fingerprint density at radius 1 is 1.05 bits per heavy atom. The van der Waals surface area contributed by atoms with Crippen LogP contribution in [0.2, 0.25) is 0 Å². The van der Waals surface area contributed by atoms with Crippen LogP contribution in [0.1, 0.15) is 30.4 Å². The van der Waals surface area contributed by atoms with Gasteiger partial charge in [-0.2, -0.15) is 0 Å². The molecule has 3 nitrogen and oxygen atoms in total. The summed E-state index contributed by atoms with van der Waals surface area (Å²) in [5.41, 5.74) is 3.35. The summed E-state index contributed by atoms with van der Waals surface area (Å²) in [5, 5.41) is 3.04. The maximum absolute atomic E-state index is 12.4. The first-order chi connectivity index (χ1) is 10.6. The molecule has 2 rings (SSSR count). The number of hydrogen-bond donors (Lipinski definition) is 1. The third kappa shape index (κ3) is 4.10. The van der Waals surface area contributed by atoms with Crippen LogP contribution >= 0.6 is 0 Å². The standard InChI is InChI=1S/C19H24N2O/c1-4-18(16-8-6-5-7-9-16)19(22)20-14-15-10-12-17(13-11-15)21(2)3/h5-13,18H,4,14H2,1-3H3,(H,20,22). The van der Waals surface area contributed by atoms with Gasteiger partial charge >= 0.3 is 0 Å². The van der Waals surface area contributed by atoms with Crippen LogP contribution in [0, 0.1) is 0 Å². The van der Waals surface area contributed by atoms with Crippen LogP contribution in [-0.2, 0) is 11.3 Å². The highest BCUT2D eigenvalue weighted by molar-refractivity contribution is 5.83. The summed E-state index contributed by atoms with van der Waals surface area (Å²) in [6.45, 7) is 2.61. The van der Waals surface area contributed by atoms with Gasteiger partial charge in [0.1, 0.15) is 0 Å². The minimum atomic E-state index is -0.0813. The molecule has 1 amide bonds. The van der Waals surface area contributed by atoms with Crippen molar-refractivity contribution in [2.45, 2.75) is 25.8 Å². The summed E-state index contributed by atoms with van der Waals surface area (Å²) >= 11 is 0. The molecule has 0 fully saturated rings. The van der Waals surface area contributed by atoms with Gasteiger partial charge in [-0.1, -0.05) is 49.4 Å². The van der Waals surface area contributed by atoms with Crippen molar-refractivity contribution >= 4 is 11.6 Å². The number of hydrogen-bond acceptors (Lipinski definition) is 2. The molecule has 0 aliphatic rings. The van der Waals surface area contributed by atoms with Gasteiger partial charge in [-0.15, -0.1) is 0 Å². The van der Waals surface area contributed by atoms with Crippen LogP contribution < -0.4 is 10.2 Å². The quantitative estimate of drug-likeness (QED) is 0.884. The zero-order valence-electron chi connectivity index (χ0n) is 13.5. The summed E-state index contributed by atoms with van der Waals surface area (Å²) in [7, 11) is 4.03. The SMILES string of the molecule is CCC(C(=O)NCc1ccc(N(C)C)cc1)c1ccccc1. The summed E-state index contributed by atoms with van der Waals surface area (Å²) in [5.74, 6) is 0.00707. The fourth-order valence-corrected chi connectivity index (χ4v) is 2.48. The topological polar surface area (TPSA) is 32.3 Å². The Kier molecular flexibility index (Phi) is 5.59. The lowest BCUT2D eigenvalue weighted by Crippen LogP contribution is -2.28. The van der Waals surface area contributed by atoms with Gasteiger partial charge in [-0.05, 0) is 29.7 Å². The molecule has 0 aliphatic carbocycles. The second kappa shape index (κ2) is 7.64. The molecule has 2 aromatic rings. The first-order valence-corrected chi connectivity index (χ1v) is 7.70. The van der Waals surface area contributed by atoms with Gasteiger partial charge in [0.2, 0.25) is 5.91 Å². The zero-order valence-corrected chi connectivity index (χ0v) is 13.5. The van der Waals surface area contributed by atoms with Crippen molar-refractivity contribution in [2.75, 3.05) is 19.0 Å². The molecule has 1 unspecified atom stereocenters. The van der Waals surface area contributed by atoms with E-state index in [9.17, 15) is 4.79 Å². The molecule has 0 aromatic heterocycles. The molecule has 116 valence electrons. The molecule has 22 heavy (non-hydrogen) atoms. The fraction of sp³-hybridized carbons (Fsp3) is 0.316. The predicted molar refractivity (Wildman–Crippen MR) is 92.1 cm³/mol. The molecule has 0 bridgehead atoms. The molecule has 0 saturated heterocycles. The average Bonchev–Trinajstić information content (AvgIpc) is 2.55. The minimum Gasteiger partial charge on any atom is -0.378 e. The lowest BCUT2D eigenvalue weighted by Gasteiger charge is -2.16. The smallest absolute Gasteiger partial charge is 0.227 e. The van der Waals surface area contributed by atoms with Crippen molar-refractivity contribution in [3.05, 3.63) is 65.7 Å². The monoisotopic (exact) mass is 296 g/mol. The summed E-state index contributed by atoms with van der Waals surface area (Å²) in [6, 6.07) is 18.2. The second-order valence-electron chi connectivity index (χ2n) is 5.65. The van der Waals surface area contributed by atoms with Crippen LogP contribution in [0.15, 0.2) is 54.6 Å². The molecule has 0 saturated carbocycles. The summed E-state index contributed by atoms with van der Waals surface area (Å²) in [4.78, 5) is 14.5. The first-order valence-electron chi connectivity index (χ1n) is 7.70. The number of benzene rings is 2. The Hall–Kier alpha value is -2.29. The van der Waals surface area contributed by atoms with Gasteiger partial charge in [0.05, 0.1) is 5.92 Å². The molecule has 1 N–H and O–H groups in total. The van der Waals surface area contributed by atoms with Crippen LogP contribution in [0.4, 0.5) is 5.69 Å². The molecule has 0 spiro atoms. The molecule has 0 aliphatic heterocycles. The number of amides is 1. The maximum atomic E-state index is 12.4. The Labute approximate surface area is 133 Å². The van der Waals surface area contributed by atoms with Crippen molar-refractivity contribution < 1.29 is 4.79 Å². The van der Waals surface area contributed by atoms with E-state index < -0.39 is 0 Å². The van der Waals surface area contributed by atoms with Gasteiger partial charge in [0, 0.05) is 26.3 Å². The molecule has 3 heteroatoms. The van der Waals surface area contributed by atoms with E-state index >= 15 is 0 Å². The number of nitrogens with zero attached hydrogens (tertiary/aromatic N) is 1. The van der Waals surface area contributed by atoms with E-state index in [1.807, 2.05) is 51.4 Å². The summed E-state index contributed by atoms with van der Waals surface area (Å²) in [6.07, 6.45) is 0.801. The molecule has 2 aromatic carbocycles. The molecular weight excluding hydrogens is 272 g/mol. The Morgan fingerprint density at radius 2 is 1.68 bits per heavy atom. The van der Waals surface area contributed by atoms with Crippen molar-refractivity contribution in [3.8, 4) is 0 Å². The molecular formula is C19H24N2O. The van der Waals surface area contributed by atoms with E-state index in [1.165, 1.54) is 0 Å². The summed E-state index contributed by atoms with van der Waals surface area (Å²) < 4.78 is 0. The number of carbonyl (C=O) groups excluding carboxylic acids is 1. The van der Waals surface area contributed by atoms with E-state index in [0.29, 0.717) is 6.54 Å². The predicted octanol–water partition coefficient (Wildman–Crippen LogP) is 3.56. The zero-order chi connectivity index (χ0) is 15.9. The normalized spacial score (nSPS) is 11.8. The highest BCUT2D eigenvalue weighted by Crippen LogP contribution is 2.19. The van der Waals surface area contributed by atoms with E-state index in [2.05, 4.69) is 34.5 Å². The first kappa shape index (κ1) is 16.1. The highest BCUT2D eigenvalue weighted by atomic mass is 16.1. The lowest BCUT2D eigenvalue weighted by molar-refractivity contribution is -0.122. The minimum absolute atomic E-state index is 0.0813. The highest BCUT2D eigenvalue weighted by Gasteiger charge is 2.17. The van der Waals surface area contributed by atoms with Crippen molar-refractivity contribution in [1.82, 2.24) is 5.32 Å². The van der Waals surface area contributed by atoms with Gasteiger partial charge in [0.25, 0.3) is 0 Å². The Balaban J connectivity index is 1.96. The lowest BCUT2D eigenvalue weighted by atomic mass is 9.95. The van der Waals surface area contributed by atoms with Crippen LogP contribution in [0.5, 0.6) is 0 Å². The largest absolute Gasteiger partial charge is 0.378 e. The third-order valence-electron chi connectivity index (χ3n) is 3.85. The van der Waals surface area contributed by atoms with Gasteiger partial charge in [-0.3, -0.25) is 4.79 Å². The average molecular weight is 296 g/mol. The molecule has 0 heterocycles. The number of carbonyl (C=O) groups is 1. The van der Waals surface area contributed by atoms with Crippen molar-refractivity contribution in [3.63, 3.8) is 0 Å². The fourth-order valence-electron chi connectivity index (χ4n) is 2.48. The Morgan fingerprint density at radius 3 is 2.23 bits per heavy atom. The molecule has 0 radical (unpaired) electrons. The van der Waals surface area contributed by atoms with Crippen molar-refractivity contribution in [2.24, 2.45) is 0 Å². The second-order valence-corrected chi connectivity index (χ2v) is 5.65. The van der Waals surface area contributed by atoms with Crippen LogP contribution in [-0.4, -0.2) is 20.0 Å². The van der Waals surface area contributed by atoms with Gasteiger partial charge in [-0.25, -0.2) is 0 Å². The van der Waals surface area contributed by atoms with E-state index in [1.54, 1.807) is 0 Å². The molecule has 1 atom stereocenters. The van der Waals surface area contributed by atoms with E-state index in [0.717, 1.165) is 23.2 Å². The van der Waals surface area contributed by atoms with Gasteiger partial charge in [0.15, 0.2) is 0 Å². The van der Waals surface area contributed by atoms with Crippen molar-refractivity contribution in [1.29, 1.82) is 0 Å². The van der Waals surface area contributed by atoms with E-state index in [-0.39, 0.29) is 11.8 Å². The maximum Gasteiger partial charge on any atom is 0.227 e. The third-order valence-corrected chi connectivity index (χ3v) is 3.85. The van der Waals surface area contributed by atoms with Crippen LogP contribution in [0.3, 0.4) is 0 Å².